The van der Waals surface area contributed by atoms with Crippen molar-refractivity contribution in [2.45, 2.75) is 83.3 Å². The van der Waals surface area contributed by atoms with E-state index >= 15 is 4.39 Å². The van der Waals surface area contributed by atoms with Crippen LogP contribution in [0.2, 0.25) is 0 Å². The molecule has 3 saturated carbocycles. The Morgan fingerprint density at radius 2 is 1.65 bits per heavy atom. The van der Waals surface area contributed by atoms with Crippen LogP contribution in [-0.4, -0.2) is 60.6 Å². The second kappa shape index (κ2) is 8.68. The number of allylic oxidation sites excluding steroid dienone is 1. The zero-order valence-electron chi connectivity index (χ0n) is 19.5. The molecule has 1 N–H and O–H groups in total. The van der Waals surface area contributed by atoms with Gasteiger partial charge in [-0.2, -0.15) is 0 Å². The normalized spacial score (nSPS) is 40.2. The minimum Gasteiger partial charge on any atom is -0.371 e. The van der Waals surface area contributed by atoms with Gasteiger partial charge >= 0.3 is 0 Å². The number of amides is 1. The van der Waals surface area contributed by atoms with Crippen molar-refractivity contribution in [1.82, 2.24) is 15.1 Å². The van der Waals surface area contributed by atoms with Gasteiger partial charge in [0.15, 0.2) is 0 Å². The number of nitrogens with zero attached hydrogens (tertiary/aromatic N) is 2. The Kier molecular flexibility index (Phi) is 6.09. The highest BCUT2D eigenvalue weighted by Gasteiger charge is 2.45. The molecule has 6 unspecified atom stereocenters. The summed E-state index contributed by atoms with van der Waals surface area (Å²) in [5, 5.41) is 3.79. The molecule has 1 amide bonds. The highest BCUT2D eigenvalue weighted by atomic mass is 19.1. The summed E-state index contributed by atoms with van der Waals surface area (Å²) in [6, 6.07) is 0.710. The van der Waals surface area contributed by atoms with E-state index < -0.39 is 12.1 Å². The van der Waals surface area contributed by atoms with E-state index in [2.05, 4.69) is 23.7 Å². The summed E-state index contributed by atoms with van der Waals surface area (Å²) < 4.78 is 15.3. The quantitative estimate of drug-likeness (QED) is 0.718. The van der Waals surface area contributed by atoms with E-state index in [0.717, 1.165) is 51.5 Å². The molecule has 5 heteroatoms. The van der Waals surface area contributed by atoms with Crippen molar-refractivity contribution in [2.75, 3.05) is 32.7 Å². The van der Waals surface area contributed by atoms with Gasteiger partial charge in [-0.15, -0.1) is 0 Å². The molecular formula is C26H42FN3O. The summed E-state index contributed by atoms with van der Waals surface area (Å²) in [7, 11) is 0. The van der Waals surface area contributed by atoms with E-state index in [4.69, 9.17) is 0 Å². The molecule has 6 atom stereocenters. The van der Waals surface area contributed by atoms with Crippen LogP contribution in [0, 0.1) is 29.1 Å². The van der Waals surface area contributed by atoms with Crippen molar-refractivity contribution >= 4 is 5.91 Å². The zero-order valence-corrected chi connectivity index (χ0v) is 19.5. The molecule has 5 fully saturated rings. The number of fused-ring (bicyclic) bond motifs is 1. The fourth-order valence-corrected chi connectivity index (χ4v) is 7.03. The van der Waals surface area contributed by atoms with Crippen molar-refractivity contribution in [1.29, 1.82) is 0 Å². The minimum atomic E-state index is -0.964. The molecule has 2 aliphatic heterocycles. The van der Waals surface area contributed by atoms with E-state index in [1.807, 2.05) is 4.90 Å². The number of carbonyl (C=O) groups excluding carboxylic acids is 1. The van der Waals surface area contributed by atoms with Crippen LogP contribution in [-0.2, 0) is 4.79 Å². The number of halogens is 1. The van der Waals surface area contributed by atoms with Gasteiger partial charge in [0.25, 0.3) is 0 Å². The van der Waals surface area contributed by atoms with Crippen LogP contribution in [0.15, 0.2) is 12.3 Å². The molecule has 2 saturated heterocycles. The third kappa shape index (κ3) is 4.41. The summed E-state index contributed by atoms with van der Waals surface area (Å²) in [5.74, 6) is 1.52. The lowest BCUT2D eigenvalue weighted by molar-refractivity contribution is -0.141. The number of hydrogen-bond donors (Lipinski definition) is 1. The largest absolute Gasteiger partial charge is 0.371 e. The van der Waals surface area contributed by atoms with Gasteiger partial charge in [0, 0.05) is 43.3 Å². The Morgan fingerprint density at radius 1 is 0.935 bits per heavy atom. The SMILES string of the molecule is C=C(N1CCN(C(=O)C2CCC(C3CNC4CCCCC4C3)CC2F)CC1)C1(C)CC1. The van der Waals surface area contributed by atoms with Gasteiger partial charge in [-0.1, -0.05) is 26.3 Å². The minimum absolute atomic E-state index is 0.0722. The molecule has 0 spiro atoms. The molecule has 31 heavy (non-hydrogen) atoms. The Labute approximate surface area is 188 Å². The molecule has 5 rings (SSSR count). The Balaban J connectivity index is 1.11. The standard InChI is InChI=1S/C26H42FN3O/c1-18(26(2)9-10-26)29-11-13-30(14-12-29)25(31)22-8-7-19(16-23(22)27)21-15-20-5-3-4-6-24(20)28-17-21/h19-24,28H,1,3-17H2,2H3. The molecule has 0 aromatic heterocycles. The fourth-order valence-electron chi connectivity index (χ4n) is 7.03. The molecular weight excluding hydrogens is 389 g/mol. The maximum absolute atomic E-state index is 15.3. The van der Waals surface area contributed by atoms with Crippen molar-refractivity contribution < 1.29 is 9.18 Å². The highest BCUT2D eigenvalue weighted by molar-refractivity contribution is 5.79. The van der Waals surface area contributed by atoms with Crippen LogP contribution in [0.5, 0.6) is 0 Å². The number of carbonyl (C=O) groups is 1. The van der Waals surface area contributed by atoms with E-state index in [1.165, 1.54) is 50.6 Å². The smallest absolute Gasteiger partial charge is 0.228 e. The van der Waals surface area contributed by atoms with Gasteiger partial charge in [-0.3, -0.25) is 4.79 Å². The topological polar surface area (TPSA) is 35.6 Å². The maximum Gasteiger partial charge on any atom is 0.228 e. The average Bonchev–Trinajstić information content (AvgIpc) is 3.56. The second-order valence-electron chi connectivity index (χ2n) is 11.6. The predicted molar refractivity (Wildman–Crippen MR) is 122 cm³/mol. The first-order valence-electron chi connectivity index (χ1n) is 13.1. The molecule has 174 valence electrons. The average molecular weight is 432 g/mol. The van der Waals surface area contributed by atoms with Crippen LogP contribution in [0.3, 0.4) is 0 Å². The fraction of sp³-hybridized carbons (Fsp3) is 0.885. The second-order valence-corrected chi connectivity index (χ2v) is 11.6. The van der Waals surface area contributed by atoms with Gasteiger partial charge in [0.2, 0.25) is 5.91 Å². The molecule has 0 bridgehead atoms. The Bertz CT molecular complexity index is 684. The first-order valence-corrected chi connectivity index (χ1v) is 13.1. The van der Waals surface area contributed by atoms with Crippen molar-refractivity contribution in [3.05, 3.63) is 12.3 Å². The molecule has 0 radical (unpaired) electrons. The number of nitrogens with one attached hydrogen (secondary N) is 1. The number of alkyl halides is 1. The molecule has 0 aromatic rings. The predicted octanol–water partition coefficient (Wildman–Crippen LogP) is 4.37. The van der Waals surface area contributed by atoms with Gasteiger partial charge in [-0.25, -0.2) is 4.39 Å². The van der Waals surface area contributed by atoms with Crippen molar-refractivity contribution in [3.63, 3.8) is 0 Å². The maximum atomic E-state index is 15.3. The summed E-state index contributed by atoms with van der Waals surface area (Å²) >= 11 is 0. The van der Waals surface area contributed by atoms with E-state index in [-0.39, 0.29) is 5.91 Å². The summed E-state index contributed by atoms with van der Waals surface area (Å²) in [5.41, 5.74) is 1.53. The molecule has 5 aliphatic rings. The van der Waals surface area contributed by atoms with Crippen LogP contribution in [0.1, 0.15) is 71.1 Å². The van der Waals surface area contributed by atoms with Crippen LogP contribution in [0.25, 0.3) is 0 Å². The van der Waals surface area contributed by atoms with E-state index in [9.17, 15) is 4.79 Å². The molecule has 2 heterocycles. The van der Waals surface area contributed by atoms with Gasteiger partial charge < -0.3 is 15.1 Å². The summed E-state index contributed by atoms with van der Waals surface area (Å²) in [4.78, 5) is 17.4. The Hall–Kier alpha value is -1.10. The van der Waals surface area contributed by atoms with E-state index in [0.29, 0.717) is 29.7 Å². The molecule has 0 aromatic carbocycles. The third-order valence-electron chi connectivity index (χ3n) is 9.62. The highest BCUT2D eigenvalue weighted by Crippen LogP contribution is 2.51. The van der Waals surface area contributed by atoms with Crippen LogP contribution in [0.4, 0.5) is 4.39 Å². The first kappa shape index (κ1) is 21.7. The van der Waals surface area contributed by atoms with Gasteiger partial charge in [0.1, 0.15) is 6.17 Å². The van der Waals surface area contributed by atoms with Crippen LogP contribution >= 0.6 is 0 Å². The lowest BCUT2D eigenvalue weighted by Gasteiger charge is -2.45. The third-order valence-corrected chi connectivity index (χ3v) is 9.62. The number of piperazine rings is 1. The van der Waals surface area contributed by atoms with Crippen molar-refractivity contribution in [2.24, 2.45) is 29.1 Å². The lowest BCUT2D eigenvalue weighted by Crippen LogP contribution is -2.53. The molecule has 3 aliphatic carbocycles. The van der Waals surface area contributed by atoms with E-state index in [1.54, 1.807) is 0 Å². The number of hydrogen-bond acceptors (Lipinski definition) is 3. The van der Waals surface area contributed by atoms with Crippen molar-refractivity contribution in [3.8, 4) is 0 Å². The lowest BCUT2D eigenvalue weighted by atomic mass is 9.67. The Morgan fingerprint density at radius 3 is 2.35 bits per heavy atom. The monoisotopic (exact) mass is 431 g/mol. The number of piperidine rings is 1. The molecule has 4 nitrogen and oxygen atoms in total. The van der Waals surface area contributed by atoms with Crippen LogP contribution < -0.4 is 5.32 Å². The van der Waals surface area contributed by atoms with Gasteiger partial charge in [0.05, 0.1) is 5.92 Å². The number of rotatable bonds is 4. The summed E-state index contributed by atoms with van der Waals surface area (Å²) in [6.07, 6.45) is 10.5. The first-order chi connectivity index (χ1) is 14.9. The zero-order chi connectivity index (χ0) is 21.6. The summed E-state index contributed by atoms with van der Waals surface area (Å²) in [6.45, 7) is 10.8. The van der Waals surface area contributed by atoms with Gasteiger partial charge in [-0.05, 0) is 75.7 Å².